The van der Waals surface area contributed by atoms with Crippen LogP contribution in [0.15, 0.2) is 53.4 Å². The number of nitrogens with one attached hydrogen (secondary N) is 2. The average molecular weight is 357 g/mol. The molecule has 3 aromatic rings. The number of sulfonamides is 1. The van der Waals surface area contributed by atoms with Gasteiger partial charge in [-0.3, -0.25) is 4.72 Å². The number of benzene rings is 2. The average Bonchev–Trinajstić information content (AvgIpc) is 3.16. The second kappa shape index (κ2) is 7.02. The minimum absolute atomic E-state index is 0.226. The van der Waals surface area contributed by atoms with E-state index in [9.17, 15) is 8.42 Å². The maximum Gasteiger partial charge on any atom is 0.261 e. The molecule has 0 spiro atoms. The molecule has 1 aromatic heterocycles. The lowest BCUT2D eigenvalue weighted by atomic mass is 9.99. The molecule has 0 aliphatic heterocycles. The molecule has 0 aliphatic rings. The molecule has 7 nitrogen and oxygen atoms in total. The van der Waals surface area contributed by atoms with Gasteiger partial charge in [0.15, 0.2) is 0 Å². The fraction of sp³-hybridized carbons (Fsp3) is 0.235. The van der Waals surface area contributed by atoms with Gasteiger partial charge >= 0.3 is 0 Å². The van der Waals surface area contributed by atoms with Crippen LogP contribution in [-0.2, 0) is 10.0 Å². The number of aromatic amines is 1. The first kappa shape index (κ1) is 17.1. The molecule has 2 N–H and O–H groups in total. The van der Waals surface area contributed by atoms with Crippen molar-refractivity contribution < 1.29 is 8.42 Å². The molecule has 0 amide bonds. The molecule has 0 saturated carbocycles. The van der Waals surface area contributed by atoms with Crippen molar-refractivity contribution in [1.29, 1.82) is 0 Å². The van der Waals surface area contributed by atoms with Gasteiger partial charge in [-0.25, -0.2) is 8.42 Å². The van der Waals surface area contributed by atoms with Crippen LogP contribution in [0.2, 0.25) is 0 Å². The van der Waals surface area contributed by atoms with Crippen molar-refractivity contribution in [3.63, 3.8) is 0 Å². The standard InChI is InChI=1S/C17H19N5O2S/c1-3-12(2)13-7-9-16(10-8-13)25(23,24)20-15-6-4-5-14(11-15)17-18-21-22-19-17/h4-12,20H,3H2,1-2H3,(H,18,19,21,22)/t12-/m0/s1. The topological polar surface area (TPSA) is 101 Å². The Bertz CT molecular complexity index is 937. The monoisotopic (exact) mass is 357 g/mol. The van der Waals surface area contributed by atoms with Crippen LogP contribution >= 0.6 is 0 Å². The van der Waals surface area contributed by atoms with Gasteiger partial charge in [0, 0.05) is 11.3 Å². The molecular weight excluding hydrogens is 338 g/mol. The summed E-state index contributed by atoms with van der Waals surface area (Å²) in [6.07, 6.45) is 1.01. The summed E-state index contributed by atoms with van der Waals surface area (Å²) in [5.41, 5.74) is 2.23. The molecule has 0 unspecified atom stereocenters. The number of H-pyrrole nitrogens is 1. The molecule has 1 atom stereocenters. The zero-order valence-electron chi connectivity index (χ0n) is 14.0. The fourth-order valence-electron chi connectivity index (χ4n) is 2.43. The summed E-state index contributed by atoms with van der Waals surface area (Å²) in [5.74, 6) is 0.801. The van der Waals surface area contributed by atoms with E-state index in [2.05, 4.69) is 39.2 Å². The lowest BCUT2D eigenvalue weighted by Gasteiger charge is -2.11. The Morgan fingerprint density at radius 3 is 2.56 bits per heavy atom. The predicted molar refractivity (Wildman–Crippen MR) is 95.6 cm³/mol. The highest BCUT2D eigenvalue weighted by Crippen LogP contribution is 2.23. The maximum absolute atomic E-state index is 12.6. The van der Waals surface area contributed by atoms with E-state index in [1.54, 1.807) is 36.4 Å². The van der Waals surface area contributed by atoms with Gasteiger partial charge in [-0.05, 0) is 47.4 Å². The minimum atomic E-state index is -3.66. The highest BCUT2D eigenvalue weighted by molar-refractivity contribution is 7.92. The van der Waals surface area contributed by atoms with Crippen LogP contribution in [-0.4, -0.2) is 29.0 Å². The van der Waals surface area contributed by atoms with Crippen LogP contribution in [0.25, 0.3) is 11.4 Å². The van der Waals surface area contributed by atoms with Crippen molar-refractivity contribution in [2.75, 3.05) is 4.72 Å². The van der Waals surface area contributed by atoms with Gasteiger partial charge in [0.25, 0.3) is 10.0 Å². The van der Waals surface area contributed by atoms with E-state index in [1.807, 2.05) is 12.1 Å². The second-order valence-corrected chi connectivity index (χ2v) is 7.48. The Morgan fingerprint density at radius 2 is 1.92 bits per heavy atom. The fourth-order valence-corrected chi connectivity index (χ4v) is 3.48. The van der Waals surface area contributed by atoms with Crippen molar-refractivity contribution >= 4 is 15.7 Å². The van der Waals surface area contributed by atoms with E-state index < -0.39 is 10.0 Å². The first-order chi connectivity index (χ1) is 12.0. The Kier molecular flexibility index (Phi) is 4.80. The van der Waals surface area contributed by atoms with Gasteiger partial charge in [0.05, 0.1) is 4.90 Å². The van der Waals surface area contributed by atoms with Crippen LogP contribution in [0.4, 0.5) is 5.69 Å². The summed E-state index contributed by atoms with van der Waals surface area (Å²) in [6, 6.07) is 13.8. The highest BCUT2D eigenvalue weighted by atomic mass is 32.2. The van der Waals surface area contributed by atoms with Gasteiger partial charge in [0.2, 0.25) is 5.82 Å². The van der Waals surface area contributed by atoms with Crippen molar-refractivity contribution in [2.45, 2.75) is 31.1 Å². The Morgan fingerprint density at radius 1 is 1.16 bits per heavy atom. The van der Waals surface area contributed by atoms with Gasteiger partial charge < -0.3 is 0 Å². The normalized spacial score (nSPS) is 12.7. The number of hydrogen-bond donors (Lipinski definition) is 2. The maximum atomic E-state index is 12.6. The number of nitrogens with zero attached hydrogens (tertiary/aromatic N) is 3. The number of rotatable bonds is 6. The Hall–Kier alpha value is -2.74. The molecule has 130 valence electrons. The molecule has 2 aromatic carbocycles. The lowest BCUT2D eigenvalue weighted by Crippen LogP contribution is -2.13. The van der Waals surface area contributed by atoms with E-state index in [-0.39, 0.29) is 4.90 Å². The zero-order chi connectivity index (χ0) is 17.9. The molecular formula is C17H19N5O2S. The second-order valence-electron chi connectivity index (χ2n) is 5.80. The SMILES string of the molecule is CC[C@H](C)c1ccc(S(=O)(=O)Nc2cccc(-c3nn[nH]n3)c2)cc1. The number of hydrogen-bond acceptors (Lipinski definition) is 5. The van der Waals surface area contributed by atoms with E-state index in [0.717, 1.165) is 12.0 Å². The van der Waals surface area contributed by atoms with Gasteiger partial charge in [-0.15, -0.1) is 10.2 Å². The molecule has 8 heteroatoms. The minimum Gasteiger partial charge on any atom is -0.280 e. The van der Waals surface area contributed by atoms with Crippen molar-refractivity contribution in [3.8, 4) is 11.4 Å². The smallest absolute Gasteiger partial charge is 0.261 e. The van der Waals surface area contributed by atoms with Gasteiger partial charge in [0.1, 0.15) is 0 Å². The predicted octanol–water partition coefficient (Wildman–Crippen LogP) is 3.18. The van der Waals surface area contributed by atoms with Crippen molar-refractivity contribution in [1.82, 2.24) is 20.6 Å². The third kappa shape index (κ3) is 3.85. The Labute approximate surface area is 146 Å². The number of aromatic nitrogens is 4. The van der Waals surface area contributed by atoms with Crippen LogP contribution in [0.3, 0.4) is 0 Å². The van der Waals surface area contributed by atoms with E-state index in [0.29, 0.717) is 23.0 Å². The number of tetrazole rings is 1. The molecule has 25 heavy (non-hydrogen) atoms. The molecule has 0 bridgehead atoms. The summed E-state index contributed by atoms with van der Waals surface area (Å²) in [7, 11) is -3.66. The van der Waals surface area contributed by atoms with Gasteiger partial charge in [-0.2, -0.15) is 5.21 Å². The summed E-state index contributed by atoms with van der Waals surface area (Å²) >= 11 is 0. The first-order valence-corrected chi connectivity index (χ1v) is 9.44. The van der Waals surface area contributed by atoms with Gasteiger partial charge in [-0.1, -0.05) is 38.1 Å². The van der Waals surface area contributed by atoms with Crippen LogP contribution in [0.5, 0.6) is 0 Å². The summed E-state index contributed by atoms with van der Waals surface area (Å²) in [5, 5.41) is 13.7. The van der Waals surface area contributed by atoms with Crippen molar-refractivity contribution in [2.24, 2.45) is 0 Å². The van der Waals surface area contributed by atoms with E-state index in [1.165, 1.54) is 0 Å². The molecule has 1 heterocycles. The third-order valence-electron chi connectivity index (χ3n) is 4.09. The molecule has 0 fully saturated rings. The summed E-state index contributed by atoms with van der Waals surface area (Å²) < 4.78 is 27.8. The first-order valence-electron chi connectivity index (χ1n) is 7.96. The van der Waals surface area contributed by atoms with Crippen LogP contribution in [0.1, 0.15) is 31.7 Å². The zero-order valence-corrected chi connectivity index (χ0v) is 14.8. The van der Waals surface area contributed by atoms with Crippen LogP contribution in [0, 0.1) is 0 Å². The number of anilines is 1. The third-order valence-corrected chi connectivity index (χ3v) is 5.49. The molecule has 0 radical (unpaired) electrons. The summed E-state index contributed by atoms with van der Waals surface area (Å²) in [6.45, 7) is 4.22. The summed E-state index contributed by atoms with van der Waals surface area (Å²) in [4.78, 5) is 0.226. The van der Waals surface area contributed by atoms with Crippen molar-refractivity contribution in [3.05, 3.63) is 54.1 Å². The highest BCUT2D eigenvalue weighted by Gasteiger charge is 2.15. The van der Waals surface area contributed by atoms with Crippen LogP contribution < -0.4 is 4.72 Å². The largest absolute Gasteiger partial charge is 0.280 e. The molecule has 0 saturated heterocycles. The van der Waals surface area contributed by atoms with E-state index in [4.69, 9.17) is 0 Å². The molecule has 3 rings (SSSR count). The quantitative estimate of drug-likeness (QED) is 0.705. The molecule has 0 aliphatic carbocycles. The Balaban J connectivity index is 1.83. The lowest BCUT2D eigenvalue weighted by molar-refractivity contribution is 0.601. The van der Waals surface area contributed by atoms with E-state index >= 15 is 0 Å².